The molecular weight excluding hydrogens is 225 g/mol. The molecule has 94 valence electrons. The molecule has 0 heterocycles. The first-order chi connectivity index (χ1) is 7.95. The van der Waals surface area contributed by atoms with Gasteiger partial charge in [0.25, 0.3) is 0 Å². The highest BCUT2D eigenvalue weighted by Crippen LogP contribution is 2.18. The van der Waals surface area contributed by atoms with E-state index in [-0.39, 0.29) is 30.4 Å². The molecule has 5 heteroatoms. The van der Waals surface area contributed by atoms with Crippen LogP contribution in [-0.2, 0) is 4.74 Å². The zero-order chi connectivity index (χ0) is 13.0. The van der Waals surface area contributed by atoms with Crippen molar-refractivity contribution in [1.82, 2.24) is 0 Å². The molecule has 0 aliphatic heterocycles. The molecule has 17 heavy (non-hydrogen) atoms. The highest BCUT2D eigenvalue weighted by Gasteiger charge is 2.13. The van der Waals surface area contributed by atoms with E-state index in [1.54, 1.807) is 6.92 Å². The molecule has 0 aromatic heterocycles. The normalized spacial score (nSPS) is 12.2. The maximum atomic E-state index is 13.3. The Labute approximate surface area is 99.2 Å². The van der Waals surface area contributed by atoms with Crippen LogP contribution in [0.4, 0.5) is 10.1 Å². The fourth-order valence-electron chi connectivity index (χ4n) is 1.17. The van der Waals surface area contributed by atoms with Crippen molar-refractivity contribution in [3.8, 4) is 0 Å². The van der Waals surface area contributed by atoms with E-state index in [9.17, 15) is 9.18 Å². The van der Waals surface area contributed by atoms with Gasteiger partial charge in [-0.1, -0.05) is 6.92 Å². The van der Waals surface area contributed by atoms with Gasteiger partial charge in [0.05, 0.1) is 12.2 Å². The number of anilines is 1. The summed E-state index contributed by atoms with van der Waals surface area (Å²) >= 11 is 0. The van der Waals surface area contributed by atoms with Gasteiger partial charge in [0.2, 0.25) is 0 Å². The molecule has 0 aliphatic carbocycles. The molecule has 1 rings (SSSR count). The van der Waals surface area contributed by atoms with E-state index in [4.69, 9.17) is 15.6 Å². The Morgan fingerprint density at radius 1 is 1.59 bits per heavy atom. The van der Waals surface area contributed by atoms with Gasteiger partial charge in [0, 0.05) is 23.8 Å². The largest absolute Gasteiger partial charge is 0.462 e. The fraction of sp³-hybridized carbons (Fsp3) is 0.417. The van der Waals surface area contributed by atoms with Crippen LogP contribution >= 0.6 is 0 Å². The number of hydrogen-bond donors (Lipinski definition) is 2. The number of ether oxygens (including phenoxy) is 1. The van der Waals surface area contributed by atoms with Crippen molar-refractivity contribution in [2.75, 3.05) is 18.9 Å². The van der Waals surface area contributed by atoms with Crippen LogP contribution in [0.3, 0.4) is 0 Å². The minimum absolute atomic E-state index is 0.0717. The van der Waals surface area contributed by atoms with E-state index < -0.39 is 11.8 Å². The van der Waals surface area contributed by atoms with Gasteiger partial charge >= 0.3 is 5.97 Å². The standard InChI is InChI=1S/C12H16FNO3/c1-7(5-15)6-17-12(16)9-3-10(13)8(2)11(14)4-9/h3-4,7,15H,5-6,14H2,1-2H3. The minimum Gasteiger partial charge on any atom is -0.462 e. The lowest BCUT2D eigenvalue weighted by molar-refractivity contribution is 0.0405. The Balaban J connectivity index is 2.76. The number of nitrogens with two attached hydrogens (primary N) is 1. The number of aliphatic hydroxyl groups is 1. The number of hydrogen-bond acceptors (Lipinski definition) is 4. The summed E-state index contributed by atoms with van der Waals surface area (Å²) in [6.45, 7) is 3.29. The van der Waals surface area contributed by atoms with Gasteiger partial charge in [0.15, 0.2) is 0 Å². The predicted octanol–water partition coefficient (Wildman–Crippen LogP) is 1.50. The zero-order valence-electron chi connectivity index (χ0n) is 9.87. The molecule has 1 unspecified atom stereocenters. The van der Waals surface area contributed by atoms with Crippen LogP contribution in [0.15, 0.2) is 12.1 Å². The lowest BCUT2D eigenvalue weighted by Gasteiger charge is -2.10. The number of aliphatic hydroxyl groups excluding tert-OH is 1. The van der Waals surface area contributed by atoms with Crippen LogP contribution < -0.4 is 5.73 Å². The predicted molar refractivity (Wildman–Crippen MR) is 62.1 cm³/mol. The Hall–Kier alpha value is -1.62. The van der Waals surface area contributed by atoms with Crippen molar-refractivity contribution in [3.63, 3.8) is 0 Å². The Kier molecular flexibility index (Phi) is 4.45. The highest BCUT2D eigenvalue weighted by atomic mass is 19.1. The van der Waals surface area contributed by atoms with E-state index in [0.717, 1.165) is 6.07 Å². The maximum Gasteiger partial charge on any atom is 0.338 e. The summed E-state index contributed by atoms with van der Waals surface area (Å²) in [5.41, 5.74) is 6.16. The monoisotopic (exact) mass is 241 g/mol. The van der Waals surface area contributed by atoms with Gasteiger partial charge in [-0.05, 0) is 19.1 Å². The first-order valence-corrected chi connectivity index (χ1v) is 5.29. The van der Waals surface area contributed by atoms with E-state index in [2.05, 4.69) is 0 Å². The third-order valence-electron chi connectivity index (χ3n) is 2.43. The quantitative estimate of drug-likeness (QED) is 0.619. The van der Waals surface area contributed by atoms with Crippen LogP contribution in [0.5, 0.6) is 0 Å². The third-order valence-corrected chi connectivity index (χ3v) is 2.43. The van der Waals surface area contributed by atoms with E-state index in [1.807, 2.05) is 0 Å². The number of carbonyl (C=O) groups is 1. The molecule has 3 N–H and O–H groups in total. The topological polar surface area (TPSA) is 72.6 Å². The van der Waals surface area contributed by atoms with Crippen LogP contribution in [0.1, 0.15) is 22.8 Å². The average molecular weight is 241 g/mol. The number of esters is 1. The van der Waals surface area contributed by atoms with Crippen molar-refractivity contribution in [2.24, 2.45) is 5.92 Å². The Morgan fingerprint density at radius 2 is 2.24 bits per heavy atom. The molecule has 0 bridgehead atoms. The van der Waals surface area contributed by atoms with Crippen molar-refractivity contribution in [2.45, 2.75) is 13.8 Å². The molecule has 0 radical (unpaired) electrons. The Bertz CT molecular complexity index is 397. The summed E-state index contributed by atoms with van der Waals surface area (Å²) in [6.07, 6.45) is 0. The molecule has 1 atom stereocenters. The maximum absolute atomic E-state index is 13.3. The molecule has 0 fully saturated rings. The Morgan fingerprint density at radius 3 is 2.76 bits per heavy atom. The summed E-state index contributed by atoms with van der Waals surface area (Å²) in [7, 11) is 0. The van der Waals surface area contributed by atoms with Gasteiger partial charge in [-0.15, -0.1) is 0 Å². The molecule has 1 aromatic carbocycles. The van der Waals surface area contributed by atoms with Gasteiger partial charge in [-0.2, -0.15) is 0 Å². The molecular formula is C12H16FNO3. The zero-order valence-corrected chi connectivity index (χ0v) is 9.87. The molecule has 0 saturated carbocycles. The van der Waals surface area contributed by atoms with Crippen molar-refractivity contribution < 1.29 is 19.0 Å². The van der Waals surface area contributed by atoms with Crippen molar-refractivity contribution in [3.05, 3.63) is 29.1 Å². The number of carbonyl (C=O) groups excluding carboxylic acids is 1. The summed E-state index contributed by atoms with van der Waals surface area (Å²) in [4.78, 5) is 11.6. The summed E-state index contributed by atoms with van der Waals surface area (Å²) in [6, 6.07) is 2.47. The van der Waals surface area contributed by atoms with Crippen molar-refractivity contribution >= 4 is 11.7 Å². The number of halogens is 1. The van der Waals surface area contributed by atoms with Gasteiger partial charge < -0.3 is 15.6 Å². The van der Waals surface area contributed by atoms with Gasteiger partial charge in [-0.3, -0.25) is 0 Å². The highest BCUT2D eigenvalue weighted by molar-refractivity contribution is 5.90. The summed E-state index contributed by atoms with van der Waals surface area (Å²) in [5.74, 6) is -1.32. The smallest absolute Gasteiger partial charge is 0.338 e. The van der Waals surface area contributed by atoms with Crippen molar-refractivity contribution in [1.29, 1.82) is 0 Å². The number of nitrogen functional groups attached to an aromatic ring is 1. The second-order valence-corrected chi connectivity index (χ2v) is 4.06. The lowest BCUT2D eigenvalue weighted by Crippen LogP contribution is -2.15. The second-order valence-electron chi connectivity index (χ2n) is 4.06. The van der Waals surface area contributed by atoms with Crippen LogP contribution in [0.25, 0.3) is 0 Å². The van der Waals surface area contributed by atoms with E-state index >= 15 is 0 Å². The third kappa shape index (κ3) is 3.42. The van der Waals surface area contributed by atoms with E-state index in [0.29, 0.717) is 5.56 Å². The molecule has 0 spiro atoms. The van der Waals surface area contributed by atoms with Crippen LogP contribution in [0, 0.1) is 18.7 Å². The summed E-state index contributed by atoms with van der Waals surface area (Å²) < 4.78 is 18.2. The molecule has 0 aliphatic rings. The minimum atomic E-state index is -0.643. The first-order valence-electron chi connectivity index (χ1n) is 5.29. The van der Waals surface area contributed by atoms with Crippen LogP contribution in [-0.4, -0.2) is 24.3 Å². The van der Waals surface area contributed by atoms with Gasteiger partial charge in [0.1, 0.15) is 5.82 Å². The molecule has 0 amide bonds. The second kappa shape index (κ2) is 5.63. The number of benzene rings is 1. The van der Waals surface area contributed by atoms with E-state index in [1.165, 1.54) is 13.0 Å². The summed E-state index contributed by atoms with van der Waals surface area (Å²) in [5, 5.41) is 8.77. The number of rotatable bonds is 4. The molecule has 0 saturated heterocycles. The molecule has 1 aromatic rings. The first kappa shape index (κ1) is 13.4. The lowest BCUT2D eigenvalue weighted by atomic mass is 10.1. The fourth-order valence-corrected chi connectivity index (χ4v) is 1.17. The average Bonchev–Trinajstić information content (AvgIpc) is 2.31. The SMILES string of the molecule is Cc1c(N)cc(C(=O)OCC(C)CO)cc1F. The van der Waals surface area contributed by atoms with Gasteiger partial charge in [-0.25, -0.2) is 9.18 Å². The molecule has 4 nitrogen and oxygen atoms in total. The van der Waals surface area contributed by atoms with Crippen LogP contribution in [0.2, 0.25) is 0 Å².